The van der Waals surface area contributed by atoms with E-state index in [4.69, 9.17) is 0 Å². The summed E-state index contributed by atoms with van der Waals surface area (Å²) in [5, 5.41) is 2.21. The predicted molar refractivity (Wildman–Crippen MR) is 78.6 cm³/mol. The van der Waals surface area contributed by atoms with Crippen LogP contribution in [0.3, 0.4) is 0 Å². The highest BCUT2D eigenvalue weighted by atomic mass is 19.4. The van der Waals surface area contributed by atoms with E-state index in [0.29, 0.717) is 24.0 Å². The number of carbonyl (C=O) groups is 1. The Balaban J connectivity index is 1.75. The van der Waals surface area contributed by atoms with Gasteiger partial charge in [-0.15, -0.1) is 0 Å². The molecule has 8 heteroatoms. The molecule has 0 heterocycles. The minimum absolute atomic E-state index is 0.0472. The normalized spacial score (nSPS) is 26.1. The SMILES string of the molecule is O=C(C[C@@H]1C[C@H]2CC[C@@H]1C2)Nc1cc(C(F)(F)F)cc(C(F)(F)F)c1. The van der Waals surface area contributed by atoms with Gasteiger partial charge in [-0.05, 0) is 55.2 Å². The van der Waals surface area contributed by atoms with Crippen molar-refractivity contribution in [1.82, 2.24) is 0 Å². The van der Waals surface area contributed by atoms with E-state index < -0.39 is 35.1 Å². The number of hydrogen-bond acceptors (Lipinski definition) is 1. The maximum atomic E-state index is 12.8. The molecule has 2 aliphatic carbocycles. The summed E-state index contributed by atoms with van der Waals surface area (Å²) in [7, 11) is 0. The average molecular weight is 365 g/mol. The van der Waals surface area contributed by atoms with Gasteiger partial charge in [0.2, 0.25) is 5.91 Å². The van der Waals surface area contributed by atoms with Gasteiger partial charge < -0.3 is 5.32 Å². The Labute approximate surface area is 140 Å². The first-order chi connectivity index (χ1) is 11.5. The van der Waals surface area contributed by atoms with E-state index in [9.17, 15) is 31.1 Å². The van der Waals surface area contributed by atoms with E-state index in [2.05, 4.69) is 5.32 Å². The minimum Gasteiger partial charge on any atom is -0.326 e. The lowest BCUT2D eigenvalue weighted by atomic mass is 9.86. The number of carbonyl (C=O) groups excluding carboxylic acids is 1. The molecule has 0 aromatic heterocycles. The van der Waals surface area contributed by atoms with Crippen LogP contribution >= 0.6 is 0 Å². The summed E-state index contributed by atoms with van der Waals surface area (Å²) in [5.41, 5.74) is -3.34. The number of halogens is 6. The summed E-state index contributed by atoms with van der Waals surface area (Å²) in [4.78, 5) is 12.1. The highest BCUT2D eigenvalue weighted by molar-refractivity contribution is 5.91. The molecule has 1 N–H and O–H groups in total. The quantitative estimate of drug-likeness (QED) is 0.705. The largest absolute Gasteiger partial charge is 0.416 e. The molecule has 2 nitrogen and oxygen atoms in total. The fraction of sp³-hybridized carbons (Fsp3) is 0.588. The monoisotopic (exact) mass is 365 g/mol. The fourth-order valence-corrected chi connectivity index (χ4v) is 4.10. The molecule has 25 heavy (non-hydrogen) atoms. The summed E-state index contributed by atoms with van der Waals surface area (Å²) < 4.78 is 76.9. The summed E-state index contributed by atoms with van der Waals surface area (Å²) in [6.07, 6.45) is -5.54. The zero-order valence-corrected chi connectivity index (χ0v) is 13.2. The lowest BCUT2D eigenvalue weighted by Crippen LogP contribution is -2.21. The van der Waals surface area contributed by atoms with Crippen LogP contribution in [0.1, 0.15) is 43.2 Å². The van der Waals surface area contributed by atoms with Crippen molar-refractivity contribution >= 4 is 11.6 Å². The predicted octanol–water partition coefficient (Wildman–Crippen LogP) is 5.49. The van der Waals surface area contributed by atoms with Gasteiger partial charge in [-0.1, -0.05) is 6.42 Å². The molecule has 2 saturated carbocycles. The molecule has 2 bridgehead atoms. The molecule has 0 spiro atoms. The van der Waals surface area contributed by atoms with Crippen LogP contribution in [-0.2, 0) is 17.1 Å². The third kappa shape index (κ3) is 4.10. The molecule has 0 unspecified atom stereocenters. The van der Waals surface area contributed by atoms with Gasteiger partial charge in [-0.3, -0.25) is 4.79 Å². The smallest absolute Gasteiger partial charge is 0.326 e. The Morgan fingerprint density at radius 3 is 2.00 bits per heavy atom. The van der Waals surface area contributed by atoms with E-state index in [1.807, 2.05) is 0 Å². The molecule has 1 aromatic carbocycles. The molecular formula is C17H17F6NO. The number of nitrogens with one attached hydrogen (secondary N) is 1. The van der Waals surface area contributed by atoms with Gasteiger partial charge in [0.05, 0.1) is 11.1 Å². The number of rotatable bonds is 3. The molecule has 1 amide bonds. The van der Waals surface area contributed by atoms with Crippen molar-refractivity contribution in [3.05, 3.63) is 29.3 Å². The van der Waals surface area contributed by atoms with Crippen molar-refractivity contribution in [3.63, 3.8) is 0 Å². The van der Waals surface area contributed by atoms with E-state index in [0.717, 1.165) is 25.7 Å². The van der Waals surface area contributed by atoms with Crippen LogP contribution < -0.4 is 5.32 Å². The van der Waals surface area contributed by atoms with Crippen molar-refractivity contribution in [2.45, 2.75) is 44.5 Å². The third-order valence-electron chi connectivity index (χ3n) is 5.20. The molecule has 2 aliphatic rings. The maximum absolute atomic E-state index is 12.8. The van der Waals surface area contributed by atoms with Crippen LogP contribution in [-0.4, -0.2) is 5.91 Å². The molecular weight excluding hydrogens is 348 g/mol. The second-order valence-electron chi connectivity index (χ2n) is 6.98. The Bertz CT molecular complexity index is 634. The first-order valence-electron chi connectivity index (χ1n) is 8.11. The van der Waals surface area contributed by atoms with Gasteiger partial charge in [0.25, 0.3) is 0 Å². The van der Waals surface area contributed by atoms with Crippen molar-refractivity contribution < 1.29 is 31.1 Å². The van der Waals surface area contributed by atoms with E-state index in [1.165, 1.54) is 0 Å². The van der Waals surface area contributed by atoms with Gasteiger partial charge in [0.1, 0.15) is 0 Å². The van der Waals surface area contributed by atoms with Crippen molar-refractivity contribution in [1.29, 1.82) is 0 Å². The van der Waals surface area contributed by atoms with Gasteiger partial charge in [-0.25, -0.2) is 0 Å². The van der Waals surface area contributed by atoms with E-state index in [-0.39, 0.29) is 18.4 Å². The van der Waals surface area contributed by atoms with Crippen molar-refractivity contribution in [3.8, 4) is 0 Å². The zero-order valence-electron chi connectivity index (χ0n) is 13.2. The molecule has 0 aliphatic heterocycles. The molecule has 138 valence electrons. The van der Waals surface area contributed by atoms with Gasteiger partial charge >= 0.3 is 12.4 Å². The lowest BCUT2D eigenvalue weighted by Gasteiger charge is -2.21. The number of benzene rings is 1. The third-order valence-corrected chi connectivity index (χ3v) is 5.20. The average Bonchev–Trinajstić information content (AvgIpc) is 3.07. The highest BCUT2D eigenvalue weighted by Gasteiger charge is 2.40. The van der Waals surface area contributed by atoms with Crippen LogP contribution in [0.4, 0.5) is 32.0 Å². The first-order valence-corrected chi connectivity index (χ1v) is 8.11. The second kappa shape index (κ2) is 6.21. The maximum Gasteiger partial charge on any atom is 0.416 e. The van der Waals surface area contributed by atoms with Crippen molar-refractivity contribution in [2.24, 2.45) is 17.8 Å². The van der Waals surface area contributed by atoms with E-state index in [1.54, 1.807) is 0 Å². The van der Waals surface area contributed by atoms with Crippen LogP contribution in [0.2, 0.25) is 0 Å². The topological polar surface area (TPSA) is 29.1 Å². The van der Waals surface area contributed by atoms with E-state index >= 15 is 0 Å². The van der Waals surface area contributed by atoms with Crippen LogP contribution in [0.5, 0.6) is 0 Å². The Hall–Kier alpha value is -1.73. The second-order valence-corrected chi connectivity index (χ2v) is 6.98. The lowest BCUT2D eigenvalue weighted by molar-refractivity contribution is -0.143. The molecule has 2 fully saturated rings. The van der Waals surface area contributed by atoms with Crippen LogP contribution in [0.15, 0.2) is 18.2 Å². The number of anilines is 1. The number of amides is 1. The molecule has 3 rings (SSSR count). The Morgan fingerprint density at radius 1 is 0.960 bits per heavy atom. The van der Waals surface area contributed by atoms with Gasteiger partial charge in [-0.2, -0.15) is 26.3 Å². The fourth-order valence-electron chi connectivity index (χ4n) is 4.10. The summed E-state index contributed by atoms with van der Waals surface area (Å²) in [5.74, 6) is 0.688. The van der Waals surface area contributed by atoms with Gasteiger partial charge in [0.15, 0.2) is 0 Å². The molecule has 0 saturated heterocycles. The summed E-state index contributed by atoms with van der Waals surface area (Å²) >= 11 is 0. The number of alkyl halides is 6. The Morgan fingerprint density at radius 2 is 1.56 bits per heavy atom. The molecule has 1 aromatic rings. The highest BCUT2D eigenvalue weighted by Crippen LogP contribution is 2.49. The summed E-state index contributed by atoms with van der Waals surface area (Å²) in [6.45, 7) is 0. The minimum atomic E-state index is -4.93. The van der Waals surface area contributed by atoms with Gasteiger partial charge in [0, 0.05) is 12.1 Å². The summed E-state index contributed by atoms with van der Waals surface area (Å²) in [6, 6.07) is 1.12. The first kappa shape index (κ1) is 18.1. The molecule has 0 radical (unpaired) electrons. The Kier molecular flexibility index (Phi) is 4.49. The standard InChI is InChI=1S/C17H17F6NO/c18-16(19,20)12-6-13(17(21,22)23)8-14(7-12)24-15(25)5-11-4-9-1-2-10(11)3-9/h6-11H,1-5H2,(H,24,25)/t9-,10+,11-/m0/s1. The van der Waals surface area contributed by atoms with Crippen molar-refractivity contribution in [2.75, 3.05) is 5.32 Å². The van der Waals surface area contributed by atoms with Crippen LogP contribution in [0, 0.1) is 17.8 Å². The molecule has 3 atom stereocenters. The zero-order chi connectivity index (χ0) is 18.4. The van der Waals surface area contributed by atoms with Crippen LogP contribution in [0.25, 0.3) is 0 Å². The number of fused-ring (bicyclic) bond motifs is 2. The number of hydrogen-bond donors (Lipinski definition) is 1.